The van der Waals surface area contributed by atoms with Crippen molar-refractivity contribution in [1.82, 2.24) is 14.9 Å². The van der Waals surface area contributed by atoms with E-state index in [9.17, 15) is 21.6 Å². The summed E-state index contributed by atoms with van der Waals surface area (Å²) < 4.78 is 59.7. The van der Waals surface area contributed by atoms with Gasteiger partial charge in [-0.15, -0.1) is 0 Å². The zero-order valence-electron chi connectivity index (χ0n) is 7.87. The zero-order valence-corrected chi connectivity index (χ0v) is 8.69. The Morgan fingerprint density at radius 3 is 2.62 bits per heavy atom. The number of hydrogen-bond acceptors (Lipinski definition) is 4. The molecule has 0 saturated heterocycles. The minimum Gasteiger partial charge on any atom is -0.326 e. The highest BCUT2D eigenvalue weighted by Gasteiger charge is 2.31. The largest absolute Gasteiger partial charge is 0.402 e. The van der Waals surface area contributed by atoms with E-state index in [1.165, 1.54) is 4.72 Å². The number of sulfonamides is 1. The Bertz CT molecular complexity index is 453. The molecule has 0 fully saturated rings. The molecule has 16 heavy (non-hydrogen) atoms. The van der Waals surface area contributed by atoms with Gasteiger partial charge in [0.25, 0.3) is 10.0 Å². The first kappa shape index (κ1) is 12.9. The molecule has 0 saturated carbocycles. The van der Waals surface area contributed by atoms with Crippen molar-refractivity contribution < 1.29 is 21.6 Å². The van der Waals surface area contributed by atoms with Gasteiger partial charge < -0.3 is 5.73 Å². The number of hydrogen-bond donors (Lipinski definition) is 3. The first-order valence-corrected chi connectivity index (χ1v) is 5.53. The van der Waals surface area contributed by atoms with Crippen LogP contribution in [-0.4, -0.2) is 31.3 Å². The Morgan fingerprint density at radius 2 is 2.12 bits per heavy atom. The SMILES string of the molecule is NCc1cn[nH]c1S(=O)(=O)NCC(F)(F)F. The third-order valence-electron chi connectivity index (χ3n) is 1.63. The number of nitrogens with two attached hydrogens (primary N) is 1. The van der Waals surface area contributed by atoms with Gasteiger partial charge in [0.05, 0.1) is 6.20 Å². The second-order valence-electron chi connectivity index (χ2n) is 2.87. The summed E-state index contributed by atoms with van der Waals surface area (Å²) in [6.45, 7) is -1.78. The maximum atomic E-state index is 11.8. The first-order valence-electron chi connectivity index (χ1n) is 4.05. The van der Waals surface area contributed by atoms with Crippen molar-refractivity contribution in [3.8, 4) is 0 Å². The average Bonchev–Trinajstić information content (AvgIpc) is 2.62. The Hall–Kier alpha value is -1.13. The molecule has 92 valence electrons. The van der Waals surface area contributed by atoms with Crippen LogP contribution in [0.5, 0.6) is 0 Å². The van der Waals surface area contributed by atoms with Gasteiger partial charge in [0.2, 0.25) is 0 Å². The van der Waals surface area contributed by atoms with E-state index in [1.54, 1.807) is 0 Å². The maximum absolute atomic E-state index is 11.8. The molecule has 0 aliphatic carbocycles. The fourth-order valence-corrected chi connectivity index (χ4v) is 2.08. The van der Waals surface area contributed by atoms with Crippen molar-refractivity contribution in [2.45, 2.75) is 17.7 Å². The Labute approximate surface area is 89.1 Å². The van der Waals surface area contributed by atoms with E-state index >= 15 is 0 Å². The smallest absolute Gasteiger partial charge is 0.326 e. The Balaban J connectivity index is 2.87. The molecule has 0 atom stereocenters. The van der Waals surface area contributed by atoms with E-state index < -0.39 is 27.8 Å². The number of aromatic amines is 1. The monoisotopic (exact) mass is 258 g/mol. The number of aromatic nitrogens is 2. The second-order valence-corrected chi connectivity index (χ2v) is 4.57. The number of H-pyrrole nitrogens is 1. The number of nitrogens with one attached hydrogen (secondary N) is 2. The number of alkyl halides is 3. The van der Waals surface area contributed by atoms with Crippen molar-refractivity contribution in [3.05, 3.63) is 11.8 Å². The molecular formula is C6H9F3N4O2S. The second kappa shape index (κ2) is 4.39. The van der Waals surface area contributed by atoms with Gasteiger partial charge in [0.1, 0.15) is 6.54 Å². The zero-order chi connectivity index (χ0) is 12.4. The van der Waals surface area contributed by atoms with Crippen LogP contribution in [0.4, 0.5) is 13.2 Å². The Kier molecular flexibility index (Phi) is 3.55. The Morgan fingerprint density at radius 1 is 1.50 bits per heavy atom. The first-order chi connectivity index (χ1) is 7.26. The lowest BCUT2D eigenvalue weighted by molar-refractivity contribution is -0.121. The highest BCUT2D eigenvalue weighted by atomic mass is 32.2. The standard InChI is InChI=1S/C6H9F3N4O2S/c7-6(8,9)3-12-16(14,15)5-4(1-10)2-11-13-5/h2,12H,1,3,10H2,(H,11,13). The summed E-state index contributed by atoms with van der Waals surface area (Å²) in [5.41, 5.74) is 5.32. The van der Waals surface area contributed by atoms with E-state index in [0.717, 1.165) is 6.20 Å². The van der Waals surface area contributed by atoms with Gasteiger partial charge in [-0.25, -0.2) is 13.1 Å². The topological polar surface area (TPSA) is 101 Å². The highest BCUT2D eigenvalue weighted by molar-refractivity contribution is 7.89. The molecule has 10 heteroatoms. The minimum absolute atomic E-state index is 0.120. The van der Waals surface area contributed by atoms with Crippen LogP contribution in [0.3, 0.4) is 0 Å². The lowest BCUT2D eigenvalue weighted by atomic mass is 10.4. The lowest BCUT2D eigenvalue weighted by Gasteiger charge is -2.08. The van der Waals surface area contributed by atoms with Crippen LogP contribution in [0, 0.1) is 0 Å². The molecule has 0 aromatic carbocycles. The molecule has 0 bridgehead atoms. The van der Waals surface area contributed by atoms with Crippen LogP contribution in [-0.2, 0) is 16.6 Å². The van der Waals surface area contributed by atoms with Crippen LogP contribution >= 0.6 is 0 Å². The molecule has 0 aliphatic rings. The third kappa shape index (κ3) is 3.18. The number of halogens is 3. The summed E-state index contributed by atoms with van der Waals surface area (Å²) in [5.74, 6) is 0. The van der Waals surface area contributed by atoms with Gasteiger partial charge in [0, 0.05) is 12.1 Å². The van der Waals surface area contributed by atoms with E-state index in [4.69, 9.17) is 5.73 Å². The molecule has 1 heterocycles. The normalized spacial score (nSPS) is 13.0. The van der Waals surface area contributed by atoms with E-state index in [-0.39, 0.29) is 12.1 Å². The quantitative estimate of drug-likeness (QED) is 0.690. The molecule has 1 rings (SSSR count). The summed E-state index contributed by atoms with van der Waals surface area (Å²) in [4.78, 5) is 0. The summed E-state index contributed by atoms with van der Waals surface area (Å²) >= 11 is 0. The van der Waals surface area contributed by atoms with E-state index in [2.05, 4.69) is 10.2 Å². The van der Waals surface area contributed by atoms with Crippen LogP contribution in [0.2, 0.25) is 0 Å². The van der Waals surface area contributed by atoms with E-state index in [1.807, 2.05) is 0 Å². The summed E-state index contributed by atoms with van der Waals surface area (Å²) in [6, 6.07) is 0. The maximum Gasteiger partial charge on any atom is 0.402 e. The van der Waals surface area contributed by atoms with Crippen LogP contribution in [0.1, 0.15) is 5.56 Å². The van der Waals surface area contributed by atoms with Gasteiger partial charge in [0.15, 0.2) is 5.03 Å². The molecule has 1 aromatic heterocycles. The summed E-state index contributed by atoms with van der Waals surface area (Å²) in [6.07, 6.45) is -3.47. The summed E-state index contributed by atoms with van der Waals surface area (Å²) in [7, 11) is -4.26. The number of rotatable bonds is 4. The van der Waals surface area contributed by atoms with Crippen LogP contribution in [0.15, 0.2) is 11.2 Å². The molecule has 0 spiro atoms. The van der Waals surface area contributed by atoms with Crippen molar-refractivity contribution in [3.63, 3.8) is 0 Å². The third-order valence-corrected chi connectivity index (χ3v) is 3.04. The molecule has 0 amide bonds. The predicted octanol–water partition coefficient (Wildman–Crippen LogP) is -0.291. The summed E-state index contributed by atoms with van der Waals surface area (Å²) in [5, 5.41) is 5.04. The van der Waals surface area contributed by atoms with Crippen LogP contribution in [0.25, 0.3) is 0 Å². The molecule has 6 nitrogen and oxygen atoms in total. The molecule has 0 unspecified atom stereocenters. The van der Waals surface area contributed by atoms with E-state index in [0.29, 0.717) is 0 Å². The van der Waals surface area contributed by atoms with Crippen molar-refractivity contribution in [1.29, 1.82) is 0 Å². The van der Waals surface area contributed by atoms with Crippen LogP contribution < -0.4 is 10.5 Å². The molecule has 4 N–H and O–H groups in total. The fraction of sp³-hybridized carbons (Fsp3) is 0.500. The predicted molar refractivity (Wildman–Crippen MR) is 47.7 cm³/mol. The molecular weight excluding hydrogens is 249 g/mol. The minimum atomic E-state index is -4.62. The van der Waals surface area contributed by atoms with Gasteiger partial charge in [-0.3, -0.25) is 5.10 Å². The van der Waals surface area contributed by atoms with Gasteiger partial charge in [-0.05, 0) is 0 Å². The molecule has 0 aliphatic heterocycles. The van der Waals surface area contributed by atoms with Gasteiger partial charge >= 0.3 is 6.18 Å². The molecule has 1 aromatic rings. The van der Waals surface area contributed by atoms with Gasteiger partial charge in [-0.1, -0.05) is 0 Å². The number of nitrogens with zero attached hydrogens (tertiary/aromatic N) is 1. The van der Waals surface area contributed by atoms with Crippen molar-refractivity contribution in [2.24, 2.45) is 5.73 Å². The fourth-order valence-electron chi connectivity index (χ4n) is 0.926. The van der Waals surface area contributed by atoms with Crippen molar-refractivity contribution in [2.75, 3.05) is 6.54 Å². The molecule has 0 radical (unpaired) electrons. The van der Waals surface area contributed by atoms with Crippen molar-refractivity contribution >= 4 is 10.0 Å². The lowest BCUT2D eigenvalue weighted by Crippen LogP contribution is -2.34. The average molecular weight is 258 g/mol. The highest BCUT2D eigenvalue weighted by Crippen LogP contribution is 2.15. The van der Waals surface area contributed by atoms with Gasteiger partial charge in [-0.2, -0.15) is 18.3 Å².